The Labute approximate surface area is 191 Å². The van der Waals surface area contributed by atoms with Crippen molar-refractivity contribution in [3.63, 3.8) is 0 Å². The summed E-state index contributed by atoms with van der Waals surface area (Å²) in [5.74, 6) is 0. The maximum absolute atomic E-state index is 13.8. The molecule has 190 valence electrons. The maximum Gasteiger partial charge on any atom is 0.474 e. The highest BCUT2D eigenvalue weighted by Gasteiger charge is 2.85. The fourth-order valence-electron chi connectivity index (χ4n) is 3.52. The highest BCUT2D eigenvalue weighted by Crippen LogP contribution is 2.72. The van der Waals surface area contributed by atoms with Crippen LogP contribution in [-0.2, 0) is 24.0 Å². The summed E-state index contributed by atoms with van der Waals surface area (Å²) >= 11 is 0. The maximum atomic E-state index is 13.8. The van der Waals surface area contributed by atoms with Gasteiger partial charge in [0.1, 0.15) is 6.10 Å². The van der Waals surface area contributed by atoms with Crippen LogP contribution in [0, 0.1) is 0 Å². The van der Waals surface area contributed by atoms with Crippen LogP contribution in [0.5, 0.6) is 0 Å². The number of halogens is 6. The molecule has 3 atom stereocenters. The number of alkyl halides is 6. The van der Waals surface area contributed by atoms with E-state index >= 15 is 0 Å². The van der Waals surface area contributed by atoms with E-state index in [0.29, 0.717) is 0 Å². The minimum Gasteiger partial charge on any atom is -0.382 e. The normalized spacial score (nSPS) is 25.5. The topological polar surface area (TPSA) is 85.2 Å². The largest absolute Gasteiger partial charge is 0.474 e. The molecule has 2 aromatic rings. The first-order chi connectivity index (χ1) is 15.7. The number of aliphatic hydroxyl groups is 1. The van der Waals surface area contributed by atoms with Gasteiger partial charge in [-0.05, 0) is 25.0 Å². The Kier molecular flexibility index (Phi) is 8.61. The summed E-state index contributed by atoms with van der Waals surface area (Å²) < 4.78 is 109. The fraction of sp³-hybridized carbons (Fsp3) is 0.429. The predicted octanol–water partition coefficient (Wildman–Crippen LogP) is 5.67. The molecule has 13 heteroatoms. The second-order valence-corrected chi connectivity index (χ2v) is 8.38. The van der Waals surface area contributed by atoms with Gasteiger partial charge in [0, 0.05) is 13.2 Å². The van der Waals surface area contributed by atoms with E-state index in [9.17, 15) is 40.9 Å². The zero-order valence-electron chi connectivity index (χ0n) is 18.0. The molecule has 0 amide bonds. The van der Waals surface area contributed by atoms with Crippen molar-refractivity contribution in [2.45, 2.75) is 43.5 Å². The highest BCUT2D eigenvalue weighted by molar-refractivity contribution is 7.47. The molecule has 1 heterocycles. The monoisotopic (exact) mass is 516 g/mol. The van der Waals surface area contributed by atoms with Crippen molar-refractivity contribution < 1.29 is 54.7 Å². The Hall–Kier alpha value is -1.95. The lowest BCUT2D eigenvalue weighted by Gasteiger charge is -2.46. The van der Waals surface area contributed by atoms with Crippen molar-refractivity contribution in [2.24, 2.45) is 0 Å². The average molecular weight is 516 g/mol. The molecule has 0 radical (unpaired) electrons. The van der Waals surface area contributed by atoms with Crippen LogP contribution in [0.1, 0.15) is 31.1 Å². The van der Waals surface area contributed by atoms with Crippen LogP contribution in [0.2, 0.25) is 0 Å². The SMILES string of the molecule is CCOCC.O=P1(O)O[C@H](c2ccccc2)[C@@](c2ccccc2)(C(O)(C(F)(F)F)C(F)(F)F)O1. The van der Waals surface area contributed by atoms with E-state index < -0.39 is 43.0 Å². The van der Waals surface area contributed by atoms with Crippen molar-refractivity contribution in [3.8, 4) is 0 Å². The van der Waals surface area contributed by atoms with Crippen LogP contribution in [-0.4, -0.2) is 41.2 Å². The number of phosphoric acid groups is 1. The van der Waals surface area contributed by atoms with Crippen molar-refractivity contribution in [2.75, 3.05) is 13.2 Å². The molecule has 3 rings (SSSR count). The molecule has 1 aliphatic heterocycles. The van der Waals surface area contributed by atoms with Crippen molar-refractivity contribution >= 4 is 7.82 Å². The molecule has 6 nitrogen and oxygen atoms in total. The van der Waals surface area contributed by atoms with E-state index in [1.54, 1.807) is 0 Å². The Balaban J connectivity index is 0.000000739. The van der Waals surface area contributed by atoms with Crippen molar-refractivity contribution in [1.82, 2.24) is 0 Å². The number of hydrogen-bond donors (Lipinski definition) is 2. The average Bonchev–Trinajstić information content (AvgIpc) is 3.06. The van der Waals surface area contributed by atoms with Crippen LogP contribution >= 0.6 is 7.82 Å². The zero-order chi connectivity index (χ0) is 25.8. The van der Waals surface area contributed by atoms with E-state index in [-0.39, 0.29) is 5.56 Å². The lowest BCUT2D eigenvalue weighted by atomic mass is 9.70. The standard InChI is InChI=1S/C17H13F6O5P.C4H10O/c18-16(19,20)15(24,17(21,22)23)14(12-9-5-2-6-10-12)13(27-29(25,26)28-14)11-7-3-1-4-8-11;1-3-5-4-2/h1-10,13,24H,(H,25,26);3-4H2,1-2H3/t13-,14+;/m1./s1. The molecule has 34 heavy (non-hydrogen) atoms. The summed E-state index contributed by atoms with van der Waals surface area (Å²) in [5, 5.41) is 10.3. The van der Waals surface area contributed by atoms with Gasteiger partial charge in [-0.1, -0.05) is 60.7 Å². The lowest BCUT2D eigenvalue weighted by molar-refractivity contribution is -0.416. The smallest absolute Gasteiger partial charge is 0.382 e. The van der Waals surface area contributed by atoms with Gasteiger partial charge < -0.3 is 14.7 Å². The fourth-order valence-corrected chi connectivity index (χ4v) is 4.80. The van der Waals surface area contributed by atoms with Gasteiger partial charge in [0.2, 0.25) is 0 Å². The van der Waals surface area contributed by atoms with Crippen LogP contribution in [0.25, 0.3) is 0 Å². The Morgan fingerprint density at radius 3 is 1.74 bits per heavy atom. The first-order valence-electron chi connectivity index (χ1n) is 9.94. The lowest BCUT2D eigenvalue weighted by Crippen LogP contribution is -2.70. The van der Waals surface area contributed by atoms with Crippen molar-refractivity contribution in [1.29, 1.82) is 0 Å². The van der Waals surface area contributed by atoms with Gasteiger partial charge in [0.15, 0.2) is 5.60 Å². The summed E-state index contributed by atoms with van der Waals surface area (Å²) in [6.07, 6.45) is -15.1. The molecule has 1 unspecified atom stereocenters. The second-order valence-electron chi connectivity index (χ2n) is 7.05. The molecule has 1 aliphatic rings. The highest BCUT2D eigenvalue weighted by atomic mass is 31.2. The Morgan fingerprint density at radius 1 is 0.912 bits per heavy atom. The van der Waals surface area contributed by atoms with Gasteiger partial charge in [-0.2, -0.15) is 26.3 Å². The third-order valence-electron chi connectivity index (χ3n) is 4.94. The van der Waals surface area contributed by atoms with Crippen LogP contribution in [0.15, 0.2) is 60.7 Å². The van der Waals surface area contributed by atoms with Crippen LogP contribution in [0.3, 0.4) is 0 Å². The molecule has 0 saturated carbocycles. The number of benzene rings is 2. The molecule has 0 spiro atoms. The molecule has 1 fully saturated rings. The molecule has 0 aliphatic carbocycles. The minimum atomic E-state index is -6.36. The van der Waals surface area contributed by atoms with E-state index in [0.717, 1.165) is 49.6 Å². The van der Waals surface area contributed by atoms with E-state index in [2.05, 4.69) is 9.05 Å². The molecule has 0 bridgehead atoms. The molecule has 2 N–H and O–H groups in total. The zero-order valence-corrected chi connectivity index (χ0v) is 18.9. The Morgan fingerprint density at radius 2 is 1.35 bits per heavy atom. The minimum absolute atomic E-state index is 0.338. The van der Waals surface area contributed by atoms with Gasteiger partial charge in [-0.3, -0.25) is 9.05 Å². The summed E-state index contributed by atoms with van der Waals surface area (Å²) in [4.78, 5) is 9.78. The summed E-state index contributed by atoms with van der Waals surface area (Å²) in [5.41, 5.74) is -10.6. The summed E-state index contributed by atoms with van der Waals surface area (Å²) in [6.45, 7) is 5.67. The first kappa shape index (κ1) is 28.3. The van der Waals surface area contributed by atoms with E-state index in [4.69, 9.17) is 4.74 Å². The number of ether oxygens (including phenoxy) is 1. The molecule has 2 aromatic carbocycles. The number of hydrogen-bond acceptors (Lipinski definition) is 5. The van der Waals surface area contributed by atoms with Crippen LogP contribution in [0.4, 0.5) is 26.3 Å². The van der Waals surface area contributed by atoms with E-state index in [1.807, 2.05) is 13.8 Å². The molecule has 0 aromatic heterocycles. The van der Waals surface area contributed by atoms with Crippen molar-refractivity contribution in [3.05, 3.63) is 71.8 Å². The first-order valence-corrected chi connectivity index (χ1v) is 11.4. The Bertz CT molecular complexity index is 953. The van der Waals surface area contributed by atoms with Gasteiger partial charge in [0.25, 0.3) is 5.60 Å². The summed E-state index contributed by atoms with van der Waals surface area (Å²) in [7, 11) is -5.45. The third kappa shape index (κ3) is 5.17. The molecular weight excluding hydrogens is 493 g/mol. The van der Waals surface area contributed by atoms with Gasteiger partial charge in [-0.25, -0.2) is 4.57 Å². The second kappa shape index (κ2) is 10.3. The predicted molar refractivity (Wildman–Crippen MR) is 109 cm³/mol. The van der Waals surface area contributed by atoms with Crippen LogP contribution < -0.4 is 0 Å². The third-order valence-corrected chi connectivity index (χ3v) is 5.93. The molecule has 1 saturated heterocycles. The van der Waals surface area contributed by atoms with Gasteiger partial charge in [-0.15, -0.1) is 0 Å². The molecular formula is C21H23F6O6P. The van der Waals surface area contributed by atoms with Gasteiger partial charge in [0.05, 0.1) is 0 Å². The van der Waals surface area contributed by atoms with E-state index in [1.165, 1.54) is 24.3 Å². The number of rotatable bonds is 5. The summed E-state index contributed by atoms with van der Waals surface area (Å²) in [6, 6.07) is 11.2. The van der Waals surface area contributed by atoms with Gasteiger partial charge >= 0.3 is 20.2 Å². The number of phosphoric ester groups is 1. The quantitative estimate of drug-likeness (QED) is 0.394.